The van der Waals surface area contributed by atoms with Crippen molar-refractivity contribution < 1.29 is 14.6 Å². The van der Waals surface area contributed by atoms with Crippen molar-refractivity contribution in [2.75, 3.05) is 6.61 Å². The lowest BCUT2D eigenvalue weighted by atomic mass is 10.2. The smallest absolute Gasteiger partial charge is 0.227 e. The quantitative estimate of drug-likeness (QED) is 0.368. The Labute approximate surface area is 195 Å². The zero-order valence-electron chi connectivity index (χ0n) is 17.4. The molecule has 0 aliphatic carbocycles. The molecular formula is C25H24BrN3O3. The molecule has 1 amide bonds. The number of imidazole rings is 1. The lowest BCUT2D eigenvalue weighted by Gasteiger charge is -2.16. The number of para-hydroxylation sites is 2. The van der Waals surface area contributed by atoms with Gasteiger partial charge >= 0.3 is 0 Å². The van der Waals surface area contributed by atoms with E-state index in [1.54, 1.807) is 0 Å². The Morgan fingerprint density at radius 2 is 1.75 bits per heavy atom. The molecule has 7 heteroatoms. The molecule has 0 fully saturated rings. The van der Waals surface area contributed by atoms with E-state index in [-0.39, 0.29) is 25.5 Å². The summed E-state index contributed by atoms with van der Waals surface area (Å²) >= 11 is 3.39. The average Bonchev–Trinajstić information content (AvgIpc) is 3.15. The second kappa shape index (κ2) is 10.4. The number of ether oxygens (including phenoxy) is 1. The first kappa shape index (κ1) is 22.0. The Bertz CT molecular complexity index is 1180. The molecule has 0 aliphatic heterocycles. The van der Waals surface area contributed by atoms with Crippen LogP contribution in [0.25, 0.3) is 11.0 Å². The Morgan fingerprint density at radius 3 is 2.53 bits per heavy atom. The fourth-order valence-corrected chi connectivity index (χ4v) is 3.72. The number of aliphatic hydroxyl groups is 1. The molecule has 1 atom stereocenters. The van der Waals surface area contributed by atoms with Crippen LogP contribution in [0.5, 0.6) is 5.75 Å². The van der Waals surface area contributed by atoms with Gasteiger partial charge in [0.2, 0.25) is 5.91 Å². The molecule has 4 aromatic rings. The van der Waals surface area contributed by atoms with E-state index in [2.05, 4.69) is 26.2 Å². The van der Waals surface area contributed by atoms with Crippen LogP contribution in [-0.2, 0) is 24.3 Å². The monoisotopic (exact) mass is 493 g/mol. The van der Waals surface area contributed by atoms with Crippen molar-refractivity contribution in [2.45, 2.75) is 25.6 Å². The molecule has 0 saturated heterocycles. The summed E-state index contributed by atoms with van der Waals surface area (Å²) in [6.45, 7) is 0.871. The van der Waals surface area contributed by atoms with E-state index in [9.17, 15) is 9.90 Å². The number of amides is 1. The summed E-state index contributed by atoms with van der Waals surface area (Å²) in [5, 5.41) is 13.6. The Morgan fingerprint density at radius 1 is 1.03 bits per heavy atom. The minimum absolute atomic E-state index is 0.119. The lowest BCUT2D eigenvalue weighted by Crippen LogP contribution is -2.28. The zero-order valence-corrected chi connectivity index (χ0v) is 19.0. The van der Waals surface area contributed by atoms with Gasteiger partial charge in [0.05, 0.1) is 24.0 Å². The topological polar surface area (TPSA) is 76.4 Å². The predicted molar refractivity (Wildman–Crippen MR) is 127 cm³/mol. The average molecular weight is 494 g/mol. The standard InChI is InChI=1S/C25H24BrN3O3/c26-19-10-12-21(13-11-19)32-17-20(30)16-29-23-9-5-4-8-22(23)28-24(29)14-25(31)27-15-18-6-2-1-3-7-18/h1-13,20,30H,14-17H2,(H,27,31)/t20-/m1/s1. The highest BCUT2D eigenvalue weighted by atomic mass is 79.9. The van der Waals surface area contributed by atoms with Crippen LogP contribution < -0.4 is 10.1 Å². The normalized spacial score (nSPS) is 11.9. The van der Waals surface area contributed by atoms with Crippen LogP contribution >= 0.6 is 15.9 Å². The lowest BCUT2D eigenvalue weighted by molar-refractivity contribution is -0.120. The van der Waals surface area contributed by atoms with Gasteiger partial charge in [0.25, 0.3) is 0 Å². The van der Waals surface area contributed by atoms with Gasteiger partial charge in [-0.2, -0.15) is 0 Å². The minimum atomic E-state index is -0.762. The number of aliphatic hydroxyl groups excluding tert-OH is 1. The Balaban J connectivity index is 1.43. The van der Waals surface area contributed by atoms with Crippen molar-refractivity contribution in [3.8, 4) is 5.75 Å². The summed E-state index contributed by atoms with van der Waals surface area (Å²) in [4.78, 5) is 17.2. The molecule has 0 bridgehead atoms. The number of carbonyl (C=O) groups excluding carboxylic acids is 1. The molecule has 2 N–H and O–H groups in total. The number of aromatic nitrogens is 2. The number of nitrogens with one attached hydrogen (secondary N) is 1. The van der Waals surface area contributed by atoms with Gasteiger partial charge in [0.15, 0.2) is 0 Å². The summed E-state index contributed by atoms with van der Waals surface area (Å²) in [6, 6.07) is 24.9. The van der Waals surface area contributed by atoms with Crippen molar-refractivity contribution in [2.24, 2.45) is 0 Å². The number of nitrogens with zero attached hydrogens (tertiary/aromatic N) is 2. The van der Waals surface area contributed by atoms with E-state index < -0.39 is 6.10 Å². The second-order valence-electron chi connectivity index (χ2n) is 7.49. The highest BCUT2D eigenvalue weighted by Gasteiger charge is 2.17. The maximum atomic E-state index is 12.6. The van der Waals surface area contributed by atoms with Gasteiger partial charge in [-0.25, -0.2) is 4.98 Å². The Hall–Kier alpha value is -3.16. The van der Waals surface area contributed by atoms with Gasteiger partial charge in [0, 0.05) is 11.0 Å². The Kier molecular flexibility index (Phi) is 7.19. The molecule has 6 nitrogen and oxygen atoms in total. The first-order valence-electron chi connectivity index (χ1n) is 10.4. The van der Waals surface area contributed by atoms with Gasteiger partial charge < -0.3 is 19.7 Å². The summed E-state index contributed by atoms with van der Waals surface area (Å²) in [7, 11) is 0. The van der Waals surface area contributed by atoms with E-state index >= 15 is 0 Å². The highest BCUT2D eigenvalue weighted by molar-refractivity contribution is 9.10. The molecule has 164 valence electrons. The van der Waals surface area contributed by atoms with Crippen molar-refractivity contribution in [3.63, 3.8) is 0 Å². The van der Waals surface area contributed by atoms with Crippen LogP contribution in [0.3, 0.4) is 0 Å². The maximum absolute atomic E-state index is 12.6. The summed E-state index contributed by atoms with van der Waals surface area (Å²) in [5.74, 6) is 1.17. The number of halogens is 1. The van der Waals surface area contributed by atoms with E-state index in [1.807, 2.05) is 83.4 Å². The summed E-state index contributed by atoms with van der Waals surface area (Å²) in [6.07, 6.45) is -0.635. The van der Waals surface area contributed by atoms with E-state index in [4.69, 9.17) is 4.74 Å². The highest BCUT2D eigenvalue weighted by Crippen LogP contribution is 2.19. The number of hydrogen-bond acceptors (Lipinski definition) is 4. The number of rotatable bonds is 9. The number of carbonyl (C=O) groups is 1. The fourth-order valence-electron chi connectivity index (χ4n) is 3.45. The third-order valence-electron chi connectivity index (χ3n) is 5.03. The molecule has 0 spiro atoms. The van der Waals surface area contributed by atoms with Gasteiger partial charge in [-0.1, -0.05) is 58.4 Å². The van der Waals surface area contributed by atoms with Crippen LogP contribution in [-0.4, -0.2) is 33.3 Å². The second-order valence-corrected chi connectivity index (χ2v) is 8.40. The molecule has 32 heavy (non-hydrogen) atoms. The third-order valence-corrected chi connectivity index (χ3v) is 5.56. The van der Waals surface area contributed by atoms with Crippen molar-refractivity contribution in [3.05, 3.63) is 94.7 Å². The van der Waals surface area contributed by atoms with Gasteiger partial charge in [0.1, 0.15) is 24.3 Å². The summed E-state index contributed by atoms with van der Waals surface area (Å²) < 4.78 is 8.57. The largest absolute Gasteiger partial charge is 0.491 e. The third kappa shape index (κ3) is 5.75. The summed E-state index contributed by atoms with van der Waals surface area (Å²) in [5.41, 5.74) is 2.70. The van der Waals surface area contributed by atoms with Gasteiger partial charge in [-0.15, -0.1) is 0 Å². The number of benzene rings is 3. The van der Waals surface area contributed by atoms with E-state index in [0.29, 0.717) is 18.1 Å². The van der Waals surface area contributed by atoms with Crippen LogP contribution in [0.15, 0.2) is 83.3 Å². The molecule has 1 heterocycles. The minimum Gasteiger partial charge on any atom is -0.491 e. The molecule has 0 unspecified atom stereocenters. The number of fused-ring (bicyclic) bond motifs is 1. The molecular weight excluding hydrogens is 470 g/mol. The van der Waals surface area contributed by atoms with Gasteiger partial charge in [-0.05, 0) is 42.0 Å². The number of hydrogen-bond donors (Lipinski definition) is 2. The first-order valence-corrected chi connectivity index (χ1v) is 11.2. The van der Waals surface area contributed by atoms with Crippen molar-refractivity contribution in [1.29, 1.82) is 0 Å². The molecule has 0 saturated carbocycles. The molecule has 0 radical (unpaired) electrons. The maximum Gasteiger partial charge on any atom is 0.227 e. The zero-order chi connectivity index (χ0) is 22.3. The van der Waals surface area contributed by atoms with Crippen LogP contribution in [0.4, 0.5) is 0 Å². The van der Waals surface area contributed by atoms with Crippen LogP contribution in [0, 0.1) is 0 Å². The van der Waals surface area contributed by atoms with Gasteiger partial charge in [-0.3, -0.25) is 4.79 Å². The van der Waals surface area contributed by atoms with Crippen LogP contribution in [0.2, 0.25) is 0 Å². The molecule has 4 rings (SSSR count). The van der Waals surface area contributed by atoms with E-state index in [0.717, 1.165) is 21.1 Å². The molecule has 0 aliphatic rings. The molecule has 1 aromatic heterocycles. The SMILES string of the molecule is O=C(Cc1nc2ccccc2n1C[C@@H](O)COc1ccc(Br)cc1)NCc1ccccc1. The fraction of sp³-hybridized carbons (Fsp3) is 0.200. The molecule has 3 aromatic carbocycles. The van der Waals surface area contributed by atoms with Crippen molar-refractivity contribution in [1.82, 2.24) is 14.9 Å². The predicted octanol–water partition coefficient (Wildman–Crippen LogP) is 4.10. The van der Waals surface area contributed by atoms with Crippen molar-refractivity contribution >= 4 is 32.9 Å². The first-order chi connectivity index (χ1) is 15.6. The van der Waals surface area contributed by atoms with E-state index in [1.165, 1.54) is 0 Å². The van der Waals surface area contributed by atoms with Crippen LogP contribution in [0.1, 0.15) is 11.4 Å².